The molecule has 24 heavy (non-hydrogen) atoms. The molecule has 3 aromatic heterocycles. The van der Waals surface area contributed by atoms with Crippen LogP contribution in [-0.2, 0) is 6.54 Å². The summed E-state index contributed by atoms with van der Waals surface area (Å²) in [7, 11) is 0. The lowest BCUT2D eigenvalue weighted by atomic mass is 10.2. The van der Waals surface area contributed by atoms with Crippen molar-refractivity contribution in [2.45, 2.75) is 13.5 Å². The normalized spacial score (nSPS) is 10.5. The van der Waals surface area contributed by atoms with Crippen LogP contribution in [-0.4, -0.2) is 26.4 Å². The number of rotatable bonds is 4. The monoisotopic (exact) mass is 320 g/mol. The molecule has 6 nitrogen and oxygen atoms in total. The van der Waals surface area contributed by atoms with Gasteiger partial charge in [-0.3, -0.25) is 9.59 Å². The van der Waals surface area contributed by atoms with Crippen LogP contribution in [0.3, 0.4) is 0 Å². The number of hydrogen-bond acceptors (Lipinski definition) is 3. The van der Waals surface area contributed by atoms with Gasteiger partial charge in [-0.05, 0) is 25.1 Å². The Morgan fingerprint density at radius 1 is 1.33 bits per heavy atom. The van der Waals surface area contributed by atoms with E-state index in [-0.39, 0.29) is 18.0 Å². The molecule has 0 saturated carbocycles. The van der Waals surface area contributed by atoms with Crippen LogP contribution in [0.2, 0.25) is 0 Å². The fourth-order valence-corrected chi connectivity index (χ4v) is 2.54. The first-order valence-electron chi connectivity index (χ1n) is 7.45. The minimum absolute atomic E-state index is 0.143. The summed E-state index contributed by atoms with van der Waals surface area (Å²) >= 11 is 0. The third-order valence-electron chi connectivity index (χ3n) is 3.75. The molecule has 3 rings (SSSR count). The summed E-state index contributed by atoms with van der Waals surface area (Å²) in [6.45, 7) is 2.37. The summed E-state index contributed by atoms with van der Waals surface area (Å²) in [6.07, 6.45) is 8.58. The third-order valence-corrected chi connectivity index (χ3v) is 3.75. The highest BCUT2D eigenvalue weighted by Crippen LogP contribution is 2.12. The Morgan fingerprint density at radius 2 is 2.17 bits per heavy atom. The lowest BCUT2D eigenvalue weighted by Crippen LogP contribution is -2.27. The molecule has 0 radical (unpaired) electrons. The molecular formula is C18H16N4O2. The number of aryl methyl sites for hydroxylation is 1. The molecule has 1 N–H and O–H groups in total. The Kier molecular flexibility index (Phi) is 4.17. The van der Waals surface area contributed by atoms with Crippen LogP contribution in [0, 0.1) is 19.3 Å². The minimum Gasteiger partial charge on any atom is -0.341 e. The molecular weight excluding hydrogens is 304 g/mol. The van der Waals surface area contributed by atoms with Gasteiger partial charge in [0.05, 0.1) is 30.0 Å². The minimum atomic E-state index is -0.309. The molecule has 6 heteroatoms. The average molecular weight is 320 g/mol. The zero-order valence-electron chi connectivity index (χ0n) is 13.2. The van der Waals surface area contributed by atoms with Crippen molar-refractivity contribution in [1.29, 1.82) is 0 Å². The number of fused-ring (bicyclic) bond motifs is 1. The van der Waals surface area contributed by atoms with Gasteiger partial charge in [-0.1, -0.05) is 12.0 Å². The van der Waals surface area contributed by atoms with Crippen LogP contribution in [0.5, 0.6) is 0 Å². The number of amides is 1. The molecule has 0 atom stereocenters. The number of carbonyl (C=O) groups is 1. The van der Waals surface area contributed by atoms with Crippen LogP contribution in [0.1, 0.15) is 21.7 Å². The van der Waals surface area contributed by atoms with Crippen molar-refractivity contribution >= 4 is 11.6 Å². The van der Waals surface area contributed by atoms with E-state index in [1.165, 1.54) is 22.9 Å². The molecule has 0 aliphatic rings. The molecule has 3 aromatic rings. The molecule has 0 spiro atoms. The van der Waals surface area contributed by atoms with Gasteiger partial charge >= 0.3 is 0 Å². The predicted molar refractivity (Wildman–Crippen MR) is 90.9 cm³/mol. The fraction of sp³-hybridized carbons (Fsp3) is 0.167. The quantitative estimate of drug-likeness (QED) is 0.735. The Bertz CT molecular complexity index is 1010. The highest BCUT2D eigenvalue weighted by Gasteiger charge is 2.11. The van der Waals surface area contributed by atoms with Gasteiger partial charge < -0.3 is 14.3 Å². The van der Waals surface area contributed by atoms with E-state index in [1.54, 1.807) is 0 Å². The van der Waals surface area contributed by atoms with E-state index < -0.39 is 0 Å². The topological polar surface area (TPSA) is 68.4 Å². The summed E-state index contributed by atoms with van der Waals surface area (Å²) in [5.41, 5.74) is 2.76. The molecule has 0 aliphatic carbocycles. The molecule has 3 heterocycles. The van der Waals surface area contributed by atoms with Crippen molar-refractivity contribution in [3.05, 3.63) is 70.0 Å². The third kappa shape index (κ3) is 2.92. The molecule has 0 aromatic carbocycles. The number of aromatic nitrogens is 3. The second kappa shape index (κ2) is 6.42. The van der Waals surface area contributed by atoms with Crippen LogP contribution >= 0.6 is 0 Å². The van der Waals surface area contributed by atoms with Gasteiger partial charge in [0, 0.05) is 18.5 Å². The van der Waals surface area contributed by atoms with E-state index in [4.69, 9.17) is 6.42 Å². The van der Waals surface area contributed by atoms with Crippen molar-refractivity contribution in [3.8, 4) is 12.3 Å². The molecule has 0 bridgehead atoms. The van der Waals surface area contributed by atoms with Crippen LogP contribution in [0.15, 0.2) is 47.5 Å². The molecule has 1 amide bonds. The summed E-state index contributed by atoms with van der Waals surface area (Å²) in [5, 5.41) is 2.59. The molecule has 0 fully saturated rings. The zero-order valence-corrected chi connectivity index (χ0v) is 13.2. The van der Waals surface area contributed by atoms with E-state index in [0.29, 0.717) is 12.1 Å². The lowest BCUT2D eigenvalue weighted by molar-refractivity contribution is 0.0958. The number of nitrogens with zero attached hydrogens (tertiary/aromatic N) is 3. The lowest BCUT2D eigenvalue weighted by Gasteiger charge is -2.09. The Balaban J connectivity index is 1.97. The van der Waals surface area contributed by atoms with Gasteiger partial charge in [0.2, 0.25) is 0 Å². The van der Waals surface area contributed by atoms with Crippen molar-refractivity contribution in [2.24, 2.45) is 0 Å². The molecule has 0 unspecified atom stereocenters. The second-order valence-electron chi connectivity index (χ2n) is 5.34. The van der Waals surface area contributed by atoms with Gasteiger partial charge in [-0.15, -0.1) is 6.42 Å². The highest BCUT2D eigenvalue weighted by atomic mass is 16.2. The van der Waals surface area contributed by atoms with E-state index in [0.717, 1.165) is 17.0 Å². The first-order chi connectivity index (χ1) is 11.6. The van der Waals surface area contributed by atoms with Gasteiger partial charge in [0.1, 0.15) is 5.65 Å². The van der Waals surface area contributed by atoms with Crippen molar-refractivity contribution in [3.63, 3.8) is 0 Å². The first kappa shape index (κ1) is 15.6. The average Bonchev–Trinajstić information content (AvgIpc) is 2.90. The van der Waals surface area contributed by atoms with E-state index in [1.807, 2.05) is 35.7 Å². The SMILES string of the molecule is C#CCNC(=O)c1ccc(=O)n(Cc2c(C)nc3ccccn23)c1. The summed E-state index contributed by atoms with van der Waals surface area (Å²) < 4.78 is 3.43. The number of terminal acetylenes is 1. The maximum Gasteiger partial charge on any atom is 0.253 e. The highest BCUT2D eigenvalue weighted by molar-refractivity contribution is 5.93. The standard InChI is InChI=1S/C18H16N4O2/c1-3-9-19-18(24)14-7-8-17(23)21(11-14)12-15-13(2)20-16-6-4-5-10-22(15)16/h1,4-8,10-11H,9,12H2,2H3,(H,19,24). The van der Waals surface area contributed by atoms with Crippen molar-refractivity contribution in [1.82, 2.24) is 19.3 Å². The Morgan fingerprint density at radius 3 is 2.96 bits per heavy atom. The number of pyridine rings is 2. The smallest absolute Gasteiger partial charge is 0.253 e. The second-order valence-corrected chi connectivity index (χ2v) is 5.34. The number of nitrogens with one attached hydrogen (secondary N) is 1. The summed E-state index contributed by atoms with van der Waals surface area (Å²) in [6, 6.07) is 8.59. The van der Waals surface area contributed by atoms with E-state index >= 15 is 0 Å². The Hall–Kier alpha value is -3.33. The number of carbonyl (C=O) groups excluding carboxylic acids is 1. The molecule has 0 saturated heterocycles. The van der Waals surface area contributed by atoms with Gasteiger partial charge in [-0.25, -0.2) is 4.98 Å². The largest absolute Gasteiger partial charge is 0.341 e. The van der Waals surface area contributed by atoms with Crippen LogP contribution in [0.25, 0.3) is 5.65 Å². The van der Waals surface area contributed by atoms with E-state index in [2.05, 4.69) is 16.2 Å². The zero-order chi connectivity index (χ0) is 17.1. The van der Waals surface area contributed by atoms with Gasteiger partial charge in [0.15, 0.2) is 0 Å². The van der Waals surface area contributed by atoms with Crippen LogP contribution < -0.4 is 10.9 Å². The maximum atomic E-state index is 12.2. The van der Waals surface area contributed by atoms with Crippen molar-refractivity contribution in [2.75, 3.05) is 6.54 Å². The maximum absolute atomic E-state index is 12.2. The summed E-state index contributed by atoms with van der Waals surface area (Å²) in [4.78, 5) is 28.6. The first-order valence-corrected chi connectivity index (χ1v) is 7.45. The molecule has 0 aliphatic heterocycles. The number of imidazole rings is 1. The van der Waals surface area contributed by atoms with Crippen LogP contribution in [0.4, 0.5) is 0 Å². The number of hydrogen-bond donors (Lipinski definition) is 1. The van der Waals surface area contributed by atoms with E-state index in [9.17, 15) is 9.59 Å². The Labute approximate surface area is 138 Å². The van der Waals surface area contributed by atoms with Gasteiger partial charge in [-0.2, -0.15) is 0 Å². The summed E-state index contributed by atoms with van der Waals surface area (Å²) in [5.74, 6) is 2.04. The fourth-order valence-electron chi connectivity index (χ4n) is 2.54. The van der Waals surface area contributed by atoms with Gasteiger partial charge in [0.25, 0.3) is 11.5 Å². The van der Waals surface area contributed by atoms with Crippen molar-refractivity contribution < 1.29 is 4.79 Å². The predicted octanol–water partition coefficient (Wildman–Crippen LogP) is 1.22. The molecule has 120 valence electrons.